The molecule has 3 rings (SSSR count). The van der Waals surface area contributed by atoms with Crippen LogP contribution in [0.4, 0.5) is 0 Å². The lowest BCUT2D eigenvalue weighted by Gasteiger charge is -2.14. The maximum absolute atomic E-state index is 6.03. The van der Waals surface area contributed by atoms with Gasteiger partial charge in [-0.2, -0.15) is 0 Å². The summed E-state index contributed by atoms with van der Waals surface area (Å²) in [5.41, 5.74) is 3.95. The monoisotopic (exact) mass is 294 g/mol. The van der Waals surface area contributed by atoms with Gasteiger partial charge in [0.2, 0.25) is 0 Å². The van der Waals surface area contributed by atoms with Crippen LogP contribution >= 0.6 is 34.3 Å². The molecule has 1 aromatic carbocycles. The molecule has 3 aromatic rings. The fourth-order valence-electron chi connectivity index (χ4n) is 1.96. The summed E-state index contributed by atoms with van der Waals surface area (Å²) in [6.07, 6.45) is 0. The van der Waals surface area contributed by atoms with Crippen LogP contribution in [0.1, 0.15) is 16.5 Å². The summed E-state index contributed by atoms with van der Waals surface area (Å²) >= 11 is 9.54. The number of halogens is 1. The SMILES string of the molecule is NNC(c1cccc(Cl)c1)c1cc2sccc2s1. The zero-order chi connectivity index (χ0) is 12.5. The molecule has 0 radical (unpaired) electrons. The maximum Gasteiger partial charge on any atom is 0.0803 e. The average molecular weight is 295 g/mol. The van der Waals surface area contributed by atoms with Gasteiger partial charge in [0.05, 0.1) is 6.04 Å². The molecule has 1 atom stereocenters. The van der Waals surface area contributed by atoms with Gasteiger partial charge >= 0.3 is 0 Å². The Morgan fingerprint density at radius 1 is 1.17 bits per heavy atom. The van der Waals surface area contributed by atoms with Gasteiger partial charge in [-0.1, -0.05) is 23.7 Å². The highest BCUT2D eigenvalue weighted by atomic mass is 35.5. The van der Waals surface area contributed by atoms with Crippen molar-refractivity contribution in [3.8, 4) is 0 Å². The summed E-state index contributed by atoms with van der Waals surface area (Å²) in [6.45, 7) is 0. The predicted octanol–water partition coefficient (Wildman–Crippen LogP) is 4.17. The number of benzene rings is 1. The van der Waals surface area contributed by atoms with E-state index < -0.39 is 0 Å². The average Bonchev–Trinajstić information content (AvgIpc) is 2.91. The first-order valence-electron chi connectivity index (χ1n) is 5.46. The molecule has 92 valence electrons. The molecule has 0 aliphatic carbocycles. The van der Waals surface area contributed by atoms with Crippen molar-refractivity contribution < 1.29 is 0 Å². The molecule has 0 bridgehead atoms. The lowest BCUT2D eigenvalue weighted by atomic mass is 10.1. The molecular weight excluding hydrogens is 284 g/mol. The van der Waals surface area contributed by atoms with Crippen molar-refractivity contribution in [2.45, 2.75) is 6.04 Å². The molecule has 2 heterocycles. The fourth-order valence-corrected chi connectivity index (χ4v) is 4.36. The molecule has 0 aliphatic rings. The zero-order valence-corrected chi connectivity index (χ0v) is 11.8. The van der Waals surface area contributed by atoms with Gasteiger partial charge in [-0.05, 0) is 35.2 Å². The molecule has 2 nitrogen and oxygen atoms in total. The van der Waals surface area contributed by atoms with E-state index in [1.165, 1.54) is 14.3 Å². The number of hydrazine groups is 1. The molecular formula is C13H11ClN2S2. The molecule has 0 spiro atoms. The second kappa shape index (κ2) is 4.99. The quantitative estimate of drug-likeness (QED) is 0.562. The summed E-state index contributed by atoms with van der Waals surface area (Å²) in [7, 11) is 0. The van der Waals surface area contributed by atoms with Crippen LogP contribution in [0, 0.1) is 0 Å². The first kappa shape index (κ1) is 12.1. The van der Waals surface area contributed by atoms with Gasteiger partial charge in [0.25, 0.3) is 0 Å². The summed E-state index contributed by atoms with van der Waals surface area (Å²) in [5, 5.41) is 2.83. The molecule has 18 heavy (non-hydrogen) atoms. The first-order chi connectivity index (χ1) is 8.78. The van der Waals surface area contributed by atoms with Crippen LogP contribution in [-0.4, -0.2) is 0 Å². The standard InChI is InChI=1S/C13H11ClN2S2/c14-9-3-1-2-8(6-9)13(16-15)12-7-11-10(18-12)4-5-17-11/h1-7,13,16H,15H2. The van der Waals surface area contributed by atoms with Gasteiger partial charge in [-0.15, -0.1) is 22.7 Å². The number of hydrogen-bond acceptors (Lipinski definition) is 4. The molecule has 3 N–H and O–H groups in total. The molecule has 2 aromatic heterocycles. The van der Waals surface area contributed by atoms with Crippen LogP contribution in [0.25, 0.3) is 9.40 Å². The van der Waals surface area contributed by atoms with Crippen molar-refractivity contribution in [3.63, 3.8) is 0 Å². The molecule has 0 saturated heterocycles. The third-order valence-corrected chi connectivity index (χ3v) is 5.18. The van der Waals surface area contributed by atoms with E-state index in [9.17, 15) is 0 Å². The largest absolute Gasteiger partial charge is 0.271 e. The Kier molecular flexibility index (Phi) is 3.37. The Labute approximate surface area is 118 Å². The highest BCUT2D eigenvalue weighted by Gasteiger charge is 2.16. The van der Waals surface area contributed by atoms with E-state index in [-0.39, 0.29) is 6.04 Å². The Morgan fingerprint density at radius 2 is 2.06 bits per heavy atom. The molecule has 0 aliphatic heterocycles. The summed E-state index contributed by atoms with van der Waals surface area (Å²) in [5.74, 6) is 5.69. The van der Waals surface area contributed by atoms with Crippen LogP contribution in [0.5, 0.6) is 0 Å². The van der Waals surface area contributed by atoms with Gasteiger partial charge in [0, 0.05) is 19.3 Å². The van der Waals surface area contributed by atoms with E-state index in [0.717, 1.165) is 10.6 Å². The molecule has 5 heteroatoms. The van der Waals surface area contributed by atoms with E-state index in [0.29, 0.717) is 0 Å². The summed E-state index contributed by atoms with van der Waals surface area (Å²) in [4.78, 5) is 1.21. The minimum atomic E-state index is -0.00620. The van der Waals surface area contributed by atoms with Gasteiger partial charge < -0.3 is 0 Å². The lowest BCUT2D eigenvalue weighted by molar-refractivity contribution is 0.647. The topological polar surface area (TPSA) is 38.0 Å². The van der Waals surface area contributed by atoms with Crippen LogP contribution in [0.2, 0.25) is 5.02 Å². The Morgan fingerprint density at radius 3 is 2.78 bits per heavy atom. The Hall–Kier alpha value is -0.910. The Bertz CT molecular complexity index is 646. The van der Waals surface area contributed by atoms with E-state index in [2.05, 4.69) is 22.9 Å². The number of nitrogens with one attached hydrogen (secondary N) is 1. The summed E-state index contributed by atoms with van der Waals surface area (Å²) in [6, 6.07) is 12.1. The minimum Gasteiger partial charge on any atom is -0.271 e. The van der Waals surface area contributed by atoms with Gasteiger partial charge in [0.1, 0.15) is 0 Å². The predicted molar refractivity (Wildman–Crippen MR) is 80.3 cm³/mol. The highest BCUT2D eigenvalue weighted by molar-refractivity contribution is 7.27. The van der Waals surface area contributed by atoms with Gasteiger partial charge in [-0.25, -0.2) is 5.43 Å². The zero-order valence-electron chi connectivity index (χ0n) is 9.39. The van der Waals surface area contributed by atoms with E-state index in [1.807, 2.05) is 24.3 Å². The van der Waals surface area contributed by atoms with Crippen LogP contribution in [0.15, 0.2) is 41.8 Å². The minimum absolute atomic E-state index is 0.00620. The number of thiophene rings is 2. The lowest BCUT2D eigenvalue weighted by Crippen LogP contribution is -2.28. The molecule has 0 amide bonds. The number of hydrogen-bond donors (Lipinski definition) is 2. The fraction of sp³-hybridized carbons (Fsp3) is 0.0769. The Balaban J connectivity index is 2.04. The number of nitrogens with two attached hydrogens (primary N) is 1. The third-order valence-electron chi connectivity index (χ3n) is 2.79. The van der Waals surface area contributed by atoms with Crippen molar-refractivity contribution in [1.82, 2.24) is 5.43 Å². The second-order valence-corrected chi connectivity index (χ2v) is 6.45. The van der Waals surface area contributed by atoms with E-state index in [4.69, 9.17) is 17.4 Å². The van der Waals surface area contributed by atoms with Crippen molar-refractivity contribution in [2.75, 3.05) is 0 Å². The van der Waals surface area contributed by atoms with Crippen LogP contribution in [-0.2, 0) is 0 Å². The highest BCUT2D eigenvalue weighted by Crippen LogP contribution is 2.35. The number of rotatable bonds is 3. The van der Waals surface area contributed by atoms with Gasteiger partial charge in [-0.3, -0.25) is 5.84 Å². The van der Waals surface area contributed by atoms with Crippen molar-refractivity contribution >= 4 is 43.7 Å². The van der Waals surface area contributed by atoms with Crippen LogP contribution < -0.4 is 11.3 Å². The van der Waals surface area contributed by atoms with E-state index >= 15 is 0 Å². The second-order valence-electron chi connectivity index (χ2n) is 3.95. The smallest absolute Gasteiger partial charge is 0.0803 e. The van der Waals surface area contributed by atoms with Crippen molar-refractivity contribution in [3.05, 3.63) is 57.2 Å². The molecule has 0 fully saturated rings. The van der Waals surface area contributed by atoms with Crippen molar-refractivity contribution in [2.24, 2.45) is 5.84 Å². The van der Waals surface area contributed by atoms with E-state index in [1.54, 1.807) is 22.7 Å². The maximum atomic E-state index is 6.03. The normalized spacial score (nSPS) is 13.0. The first-order valence-corrected chi connectivity index (χ1v) is 7.54. The van der Waals surface area contributed by atoms with Crippen LogP contribution in [0.3, 0.4) is 0 Å². The molecule has 1 unspecified atom stereocenters. The number of fused-ring (bicyclic) bond motifs is 1. The molecule has 0 saturated carbocycles. The third kappa shape index (κ3) is 2.18. The summed E-state index contributed by atoms with van der Waals surface area (Å²) < 4.78 is 2.61. The van der Waals surface area contributed by atoms with Crippen molar-refractivity contribution in [1.29, 1.82) is 0 Å². The van der Waals surface area contributed by atoms with Gasteiger partial charge in [0.15, 0.2) is 0 Å².